The largest absolute Gasteiger partial charge is 0.325 e. The highest BCUT2D eigenvalue weighted by Crippen LogP contribution is 2.42. The van der Waals surface area contributed by atoms with E-state index in [1.807, 2.05) is 54.3 Å². The van der Waals surface area contributed by atoms with Crippen LogP contribution < -0.4 is 10.2 Å². The van der Waals surface area contributed by atoms with Crippen molar-refractivity contribution in [1.82, 2.24) is 0 Å². The van der Waals surface area contributed by atoms with Crippen LogP contribution in [-0.2, 0) is 9.59 Å². The summed E-state index contributed by atoms with van der Waals surface area (Å²) in [6.45, 7) is 4.10. The molecule has 4 nitrogen and oxygen atoms in total. The van der Waals surface area contributed by atoms with Crippen molar-refractivity contribution in [3.05, 3.63) is 59.2 Å². The molecule has 130 valence electrons. The summed E-state index contributed by atoms with van der Waals surface area (Å²) in [5, 5.41) is 2.65. The number of carbonyl (C=O) groups is 2. The van der Waals surface area contributed by atoms with Crippen molar-refractivity contribution < 1.29 is 9.59 Å². The van der Waals surface area contributed by atoms with Crippen molar-refractivity contribution in [2.75, 3.05) is 21.8 Å². The molecule has 6 heteroatoms. The second kappa shape index (κ2) is 7.50. The number of benzene rings is 2. The van der Waals surface area contributed by atoms with Crippen LogP contribution in [0.25, 0.3) is 0 Å². The van der Waals surface area contributed by atoms with Gasteiger partial charge in [-0.05, 0) is 54.8 Å². The standard InChI is InChI=1S/C19H19ClN2O2S/c1-12-6-7-16(8-13(12)2)22-18(24)11-25-19(22)14-4-3-5-15(9-14)21-17(23)10-20/h3-9,19H,10-11H2,1-2H3,(H,21,23)/t19-/m1/s1. The van der Waals surface area contributed by atoms with Crippen LogP contribution in [0.5, 0.6) is 0 Å². The third kappa shape index (κ3) is 3.83. The molecule has 25 heavy (non-hydrogen) atoms. The molecule has 2 aromatic carbocycles. The summed E-state index contributed by atoms with van der Waals surface area (Å²) in [6.07, 6.45) is 0. The first-order valence-electron chi connectivity index (χ1n) is 7.96. The maximum absolute atomic E-state index is 12.5. The van der Waals surface area contributed by atoms with Gasteiger partial charge in [0, 0.05) is 11.4 Å². The number of alkyl halides is 1. The zero-order chi connectivity index (χ0) is 18.0. The SMILES string of the molecule is Cc1ccc(N2C(=O)CS[C@@H]2c2cccc(NC(=O)CCl)c2)cc1C. The van der Waals surface area contributed by atoms with Crippen molar-refractivity contribution in [3.63, 3.8) is 0 Å². The molecule has 1 N–H and O–H groups in total. The average Bonchev–Trinajstić information content (AvgIpc) is 2.99. The number of carbonyl (C=O) groups excluding carboxylic acids is 2. The van der Waals surface area contributed by atoms with Crippen LogP contribution in [0.15, 0.2) is 42.5 Å². The number of anilines is 2. The Balaban J connectivity index is 1.92. The van der Waals surface area contributed by atoms with Crippen LogP contribution in [0.1, 0.15) is 22.1 Å². The number of hydrogen-bond donors (Lipinski definition) is 1. The lowest BCUT2D eigenvalue weighted by molar-refractivity contribution is -0.116. The predicted octanol–water partition coefficient (Wildman–Crippen LogP) is 4.26. The number of hydrogen-bond acceptors (Lipinski definition) is 3. The molecule has 0 radical (unpaired) electrons. The molecule has 0 spiro atoms. The van der Waals surface area contributed by atoms with E-state index in [9.17, 15) is 9.59 Å². The zero-order valence-corrected chi connectivity index (χ0v) is 15.7. The average molecular weight is 375 g/mol. The third-order valence-electron chi connectivity index (χ3n) is 4.21. The molecule has 1 fully saturated rings. The summed E-state index contributed by atoms with van der Waals surface area (Å²) in [4.78, 5) is 25.8. The summed E-state index contributed by atoms with van der Waals surface area (Å²) >= 11 is 7.14. The fourth-order valence-electron chi connectivity index (χ4n) is 2.79. The van der Waals surface area contributed by atoms with Crippen LogP contribution in [0, 0.1) is 13.8 Å². The quantitative estimate of drug-likeness (QED) is 0.813. The number of amides is 2. The lowest BCUT2D eigenvalue weighted by atomic mass is 10.1. The fraction of sp³-hybridized carbons (Fsp3) is 0.263. The smallest absolute Gasteiger partial charge is 0.239 e. The van der Waals surface area contributed by atoms with E-state index in [2.05, 4.69) is 12.2 Å². The number of thioether (sulfide) groups is 1. The van der Waals surface area contributed by atoms with E-state index in [4.69, 9.17) is 11.6 Å². The first-order valence-corrected chi connectivity index (χ1v) is 9.54. The van der Waals surface area contributed by atoms with E-state index >= 15 is 0 Å². The molecule has 1 heterocycles. The summed E-state index contributed by atoms with van der Waals surface area (Å²) in [6, 6.07) is 13.6. The minimum Gasteiger partial charge on any atom is -0.325 e. The van der Waals surface area contributed by atoms with Crippen molar-refractivity contribution in [3.8, 4) is 0 Å². The molecular weight excluding hydrogens is 356 g/mol. The number of nitrogens with one attached hydrogen (secondary N) is 1. The van der Waals surface area contributed by atoms with Crippen LogP contribution in [0.3, 0.4) is 0 Å². The van der Waals surface area contributed by atoms with Crippen molar-refractivity contribution in [2.24, 2.45) is 0 Å². The Bertz CT molecular complexity index is 825. The van der Waals surface area contributed by atoms with E-state index in [1.54, 1.807) is 11.8 Å². The van der Waals surface area contributed by atoms with Gasteiger partial charge in [-0.1, -0.05) is 18.2 Å². The molecule has 1 aliphatic heterocycles. The Kier molecular flexibility index (Phi) is 5.35. The van der Waals surface area contributed by atoms with E-state index in [0.717, 1.165) is 16.8 Å². The van der Waals surface area contributed by atoms with Gasteiger partial charge in [0.1, 0.15) is 11.3 Å². The fourth-order valence-corrected chi connectivity index (χ4v) is 4.02. The summed E-state index contributed by atoms with van der Waals surface area (Å²) < 4.78 is 0. The van der Waals surface area contributed by atoms with E-state index in [-0.39, 0.29) is 23.1 Å². The molecule has 0 unspecified atom stereocenters. The number of halogens is 1. The maximum Gasteiger partial charge on any atom is 0.239 e. The first-order chi connectivity index (χ1) is 12.0. The van der Waals surface area contributed by atoms with Gasteiger partial charge in [-0.25, -0.2) is 0 Å². The van der Waals surface area contributed by atoms with Gasteiger partial charge in [0.25, 0.3) is 0 Å². The summed E-state index contributed by atoms with van der Waals surface area (Å²) in [5.41, 5.74) is 4.91. The highest BCUT2D eigenvalue weighted by molar-refractivity contribution is 8.00. The van der Waals surface area contributed by atoms with E-state index < -0.39 is 0 Å². The summed E-state index contributed by atoms with van der Waals surface area (Å²) in [7, 11) is 0. The van der Waals surface area contributed by atoms with Crippen molar-refractivity contribution >= 4 is 46.6 Å². The third-order valence-corrected chi connectivity index (χ3v) is 5.67. The monoisotopic (exact) mass is 374 g/mol. The molecule has 3 rings (SSSR count). The Morgan fingerprint density at radius 3 is 2.76 bits per heavy atom. The van der Waals surface area contributed by atoms with Gasteiger partial charge < -0.3 is 5.32 Å². The van der Waals surface area contributed by atoms with Crippen molar-refractivity contribution in [1.29, 1.82) is 0 Å². The van der Waals surface area contributed by atoms with Gasteiger partial charge in [0.05, 0.1) is 5.75 Å². The lowest BCUT2D eigenvalue weighted by Crippen LogP contribution is -2.28. The minimum absolute atomic E-state index is 0.0876. The first kappa shape index (κ1) is 17.8. The van der Waals surface area contributed by atoms with Gasteiger partial charge in [-0.3, -0.25) is 14.5 Å². The molecule has 2 amide bonds. The molecule has 1 saturated heterocycles. The molecule has 1 atom stereocenters. The van der Waals surface area contributed by atoms with Gasteiger partial charge in [0.15, 0.2) is 0 Å². The van der Waals surface area contributed by atoms with Crippen LogP contribution in [-0.4, -0.2) is 23.4 Å². The Morgan fingerprint density at radius 1 is 1.24 bits per heavy atom. The molecule has 2 aromatic rings. The van der Waals surface area contributed by atoms with Gasteiger partial charge >= 0.3 is 0 Å². The topological polar surface area (TPSA) is 49.4 Å². The Labute approximate surface area is 156 Å². The number of rotatable bonds is 4. The normalized spacial score (nSPS) is 17.0. The van der Waals surface area contributed by atoms with Gasteiger partial charge in [0.2, 0.25) is 11.8 Å². The zero-order valence-electron chi connectivity index (χ0n) is 14.1. The van der Waals surface area contributed by atoms with E-state index in [0.29, 0.717) is 11.4 Å². The van der Waals surface area contributed by atoms with Crippen molar-refractivity contribution in [2.45, 2.75) is 19.2 Å². The van der Waals surface area contributed by atoms with Gasteiger partial charge in [-0.15, -0.1) is 23.4 Å². The van der Waals surface area contributed by atoms with Crippen LogP contribution >= 0.6 is 23.4 Å². The highest BCUT2D eigenvalue weighted by Gasteiger charge is 2.34. The number of nitrogens with zero attached hydrogens (tertiary/aromatic N) is 1. The highest BCUT2D eigenvalue weighted by atomic mass is 35.5. The number of aryl methyl sites for hydroxylation is 2. The van der Waals surface area contributed by atoms with Crippen LogP contribution in [0.2, 0.25) is 0 Å². The molecule has 0 saturated carbocycles. The second-order valence-electron chi connectivity index (χ2n) is 6.00. The Morgan fingerprint density at radius 2 is 2.04 bits per heavy atom. The second-order valence-corrected chi connectivity index (χ2v) is 7.34. The molecular formula is C19H19ClN2O2S. The summed E-state index contributed by atoms with van der Waals surface area (Å²) in [5.74, 6) is 0.194. The molecule has 1 aliphatic rings. The Hall–Kier alpha value is -1.98. The van der Waals surface area contributed by atoms with Crippen LogP contribution in [0.4, 0.5) is 11.4 Å². The van der Waals surface area contributed by atoms with Gasteiger partial charge in [-0.2, -0.15) is 0 Å². The van der Waals surface area contributed by atoms with E-state index in [1.165, 1.54) is 5.56 Å². The molecule has 0 bridgehead atoms. The molecule has 0 aromatic heterocycles. The predicted molar refractivity (Wildman–Crippen MR) is 104 cm³/mol. The molecule has 0 aliphatic carbocycles. The lowest BCUT2D eigenvalue weighted by Gasteiger charge is -2.25. The minimum atomic E-state index is -0.250. The maximum atomic E-state index is 12.5.